The Balaban J connectivity index is 0.000000409. The highest BCUT2D eigenvalue weighted by molar-refractivity contribution is 7.99. The Bertz CT molecular complexity index is 827. The van der Waals surface area contributed by atoms with Gasteiger partial charge in [0.1, 0.15) is 0 Å². The maximum atomic E-state index is 11.0. The van der Waals surface area contributed by atoms with Gasteiger partial charge in [0.25, 0.3) is 0 Å². The van der Waals surface area contributed by atoms with Gasteiger partial charge in [0.05, 0.1) is 0 Å². The smallest absolute Gasteiger partial charge is 0.414 e. The Kier molecular flexibility index (Phi) is 8.03. The second kappa shape index (κ2) is 10.5. The third kappa shape index (κ3) is 6.71. The maximum absolute atomic E-state index is 11.0. The van der Waals surface area contributed by atoms with Gasteiger partial charge in [-0.05, 0) is 41.5 Å². The molecule has 28 heavy (non-hydrogen) atoms. The number of hydrogen-bond donors (Lipinski definition) is 4. The first-order valence-corrected chi connectivity index (χ1v) is 9.63. The van der Waals surface area contributed by atoms with E-state index in [0.717, 1.165) is 24.4 Å². The van der Waals surface area contributed by atoms with Crippen LogP contribution in [-0.4, -0.2) is 33.8 Å². The summed E-state index contributed by atoms with van der Waals surface area (Å²) in [6.45, 7) is 2.36. The molecule has 0 saturated heterocycles. The minimum atomic E-state index is -1.82. The van der Waals surface area contributed by atoms with Crippen LogP contribution in [0.1, 0.15) is 30.5 Å². The molecule has 2 aromatic carbocycles. The highest BCUT2D eigenvalue weighted by Crippen LogP contribution is 2.35. The van der Waals surface area contributed by atoms with Gasteiger partial charge < -0.3 is 20.8 Å². The molecule has 1 heterocycles. The number of rotatable bonds is 4. The van der Waals surface area contributed by atoms with Crippen LogP contribution < -0.4 is 10.6 Å². The Morgan fingerprint density at radius 3 is 2.29 bits per heavy atom. The average molecular weight is 402 g/mol. The SMILES string of the molecule is CC(=O)Nc1ccc(CNC2CCSc3ccccc32)cc1.O=C(O)C(=O)O. The van der Waals surface area contributed by atoms with Crippen LogP contribution in [0, 0.1) is 0 Å². The number of amides is 1. The molecule has 148 valence electrons. The fourth-order valence-corrected chi connectivity index (χ4v) is 3.83. The fraction of sp³-hybridized carbons (Fsp3) is 0.250. The molecule has 1 aliphatic rings. The van der Waals surface area contributed by atoms with E-state index < -0.39 is 11.9 Å². The number of carbonyl (C=O) groups is 3. The van der Waals surface area contributed by atoms with Crippen molar-refractivity contribution in [3.8, 4) is 0 Å². The minimum absolute atomic E-state index is 0.0396. The predicted octanol–water partition coefficient (Wildman–Crippen LogP) is 3.13. The number of aliphatic carboxylic acids is 2. The lowest BCUT2D eigenvalue weighted by molar-refractivity contribution is -0.159. The molecule has 2 aromatic rings. The molecule has 1 aliphatic heterocycles. The molecule has 3 rings (SSSR count). The second-order valence-electron chi connectivity index (χ2n) is 6.10. The molecule has 1 unspecified atom stereocenters. The van der Waals surface area contributed by atoms with E-state index in [1.807, 2.05) is 23.9 Å². The molecule has 8 heteroatoms. The maximum Gasteiger partial charge on any atom is 0.414 e. The molecule has 1 atom stereocenters. The third-order valence-electron chi connectivity index (χ3n) is 3.97. The van der Waals surface area contributed by atoms with Crippen molar-refractivity contribution in [3.05, 3.63) is 59.7 Å². The summed E-state index contributed by atoms with van der Waals surface area (Å²) in [5.41, 5.74) is 3.48. The first kappa shape index (κ1) is 21.5. The van der Waals surface area contributed by atoms with E-state index >= 15 is 0 Å². The molecule has 4 N–H and O–H groups in total. The van der Waals surface area contributed by atoms with Gasteiger partial charge in [-0.3, -0.25) is 4.79 Å². The first-order valence-electron chi connectivity index (χ1n) is 8.64. The highest BCUT2D eigenvalue weighted by atomic mass is 32.2. The standard InChI is InChI=1S/C18H20N2OS.C2H2O4/c1-13(21)20-15-8-6-14(7-9-15)12-19-17-10-11-22-18-5-3-2-4-16(17)18;3-1(4)2(5)6/h2-9,17,19H,10-12H2,1H3,(H,20,21);(H,3,4)(H,5,6). The number of fused-ring (bicyclic) bond motifs is 1. The van der Waals surface area contributed by atoms with E-state index in [2.05, 4.69) is 47.0 Å². The summed E-state index contributed by atoms with van der Waals surface area (Å²) in [6.07, 6.45) is 1.16. The molecule has 0 spiro atoms. The van der Waals surface area contributed by atoms with Crippen LogP contribution in [0.4, 0.5) is 5.69 Å². The minimum Gasteiger partial charge on any atom is -0.473 e. The molecule has 1 amide bonds. The number of anilines is 1. The van der Waals surface area contributed by atoms with Crippen molar-refractivity contribution in [3.63, 3.8) is 0 Å². The number of nitrogens with one attached hydrogen (secondary N) is 2. The van der Waals surface area contributed by atoms with Crippen LogP contribution in [0.2, 0.25) is 0 Å². The van der Waals surface area contributed by atoms with Crippen molar-refractivity contribution in [2.24, 2.45) is 0 Å². The molecule has 0 bridgehead atoms. The first-order chi connectivity index (χ1) is 13.4. The quantitative estimate of drug-likeness (QED) is 0.581. The van der Waals surface area contributed by atoms with E-state index in [-0.39, 0.29) is 5.91 Å². The van der Waals surface area contributed by atoms with Gasteiger partial charge in [0, 0.05) is 30.1 Å². The van der Waals surface area contributed by atoms with Crippen LogP contribution in [0.5, 0.6) is 0 Å². The summed E-state index contributed by atoms with van der Waals surface area (Å²) < 4.78 is 0. The lowest BCUT2D eigenvalue weighted by Gasteiger charge is -2.26. The zero-order valence-electron chi connectivity index (χ0n) is 15.3. The topological polar surface area (TPSA) is 116 Å². The van der Waals surface area contributed by atoms with Gasteiger partial charge in [0.15, 0.2) is 0 Å². The summed E-state index contributed by atoms with van der Waals surface area (Å²) in [4.78, 5) is 30.6. The Hall–Kier alpha value is -2.84. The van der Waals surface area contributed by atoms with Crippen molar-refractivity contribution in [1.29, 1.82) is 0 Å². The molecule has 0 saturated carbocycles. The Labute approximate surface area is 167 Å². The lowest BCUT2D eigenvalue weighted by atomic mass is 10.0. The summed E-state index contributed by atoms with van der Waals surface area (Å²) in [5.74, 6) is -2.52. The largest absolute Gasteiger partial charge is 0.473 e. The van der Waals surface area contributed by atoms with E-state index in [1.54, 1.807) is 0 Å². The van der Waals surface area contributed by atoms with Crippen molar-refractivity contribution >= 4 is 35.3 Å². The number of carboxylic acids is 2. The van der Waals surface area contributed by atoms with Crippen LogP contribution in [0.3, 0.4) is 0 Å². The van der Waals surface area contributed by atoms with Crippen LogP contribution in [0.15, 0.2) is 53.4 Å². The van der Waals surface area contributed by atoms with Gasteiger partial charge in [-0.25, -0.2) is 9.59 Å². The van der Waals surface area contributed by atoms with Gasteiger partial charge in [0.2, 0.25) is 5.91 Å². The molecule has 0 fully saturated rings. The van der Waals surface area contributed by atoms with Gasteiger partial charge in [-0.1, -0.05) is 30.3 Å². The molecule has 0 radical (unpaired) electrons. The van der Waals surface area contributed by atoms with Gasteiger partial charge in [-0.2, -0.15) is 0 Å². The average Bonchev–Trinajstić information content (AvgIpc) is 2.67. The van der Waals surface area contributed by atoms with E-state index in [4.69, 9.17) is 19.8 Å². The Morgan fingerprint density at radius 1 is 1.04 bits per heavy atom. The van der Waals surface area contributed by atoms with Crippen molar-refractivity contribution in [1.82, 2.24) is 5.32 Å². The zero-order chi connectivity index (χ0) is 20.5. The van der Waals surface area contributed by atoms with Crippen LogP contribution in [0.25, 0.3) is 0 Å². The molecule has 0 aliphatic carbocycles. The van der Waals surface area contributed by atoms with E-state index in [9.17, 15) is 4.79 Å². The summed E-state index contributed by atoms with van der Waals surface area (Å²) >= 11 is 1.94. The molecule has 0 aromatic heterocycles. The Morgan fingerprint density at radius 2 is 1.68 bits per heavy atom. The summed E-state index contributed by atoms with van der Waals surface area (Å²) in [6, 6.07) is 17.1. The predicted molar refractivity (Wildman–Crippen MR) is 107 cm³/mol. The number of benzene rings is 2. The van der Waals surface area contributed by atoms with E-state index in [0.29, 0.717) is 6.04 Å². The molecule has 7 nitrogen and oxygen atoms in total. The van der Waals surface area contributed by atoms with Crippen molar-refractivity contribution in [2.75, 3.05) is 11.1 Å². The highest BCUT2D eigenvalue weighted by Gasteiger charge is 2.19. The number of carbonyl (C=O) groups excluding carboxylic acids is 1. The summed E-state index contributed by atoms with van der Waals surface area (Å²) in [7, 11) is 0. The van der Waals surface area contributed by atoms with Crippen molar-refractivity contribution in [2.45, 2.75) is 30.8 Å². The number of carboxylic acid groups (broad SMARTS) is 2. The monoisotopic (exact) mass is 402 g/mol. The molecular formula is C20H22N2O5S. The zero-order valence-corrected chi connectivity index (χ0v) is 16.2. The van der Waals surface area contributed by atoms with E-state index in [1.165, 1.54) is 22.9 Å². The van der Waals surface area contributed by atoms with Gasteiger partial charge >= 0.3 is 11.9 Å². The van der Waals surface area contributed by atoms with Crippen LogP contribution >= 0.6 is 11.8 Å². The number of hydrogen-bond acceptors (Lipinski definition) is 5. The lowest BCUT2D eigenvalue weighted by Crippen LogP contribution is -2.24. The van der Waals surface area contributed by atoms with Crippen LogP contribution in [-0.2, 0) is 20.9 Å². The van der Waals surface area contributed by atoms with Crippen molar-refractivity contribution < 1.29 is 24.6 Å². The molecular weight excluding hydrogens is 380 g/mol. The normalized spacial score (nSPS) is 14.8. The third-order valence-corrected chi connectivity index (χ3v) is 5.09. The fourth-order valence-electron chi connectivity index (χ4n) is 2.70. The number of thioether (sulfide) groups is 1. The second-order valence-corrected chi connectivity index (χ2v) is 7.23. The summed E-state index contributed by atoms with van der Waals surface area (Å²) in [5, 5.41) is 21.2. The van der Waals surface area contributed by atoms with Gasteiger partial charge in [-0.15, -0.1) is 11.8 Å².